The maximum Gasteiger partial charge on any atom is 0.294 e. The molecule has 1 aromatic heterocycles. The number of Topliss-reactive ketones (excluding diaryl/α,β-unsaturated/α-hetero) is 1. The van der Waals surface area contributed by atoms with E-state index in [0.717, 1.165) is 5.56 Å². The molecule has 1 amide bonds. The summed E-state index contributed by atoms with van der Waals surface area (Å²) in [5.74, 6) is -1.94. The maximum atomic E-state index is 13.9. The summed E-state index contributed by atoms with van der Waals surface area (Å²) in [5, 5.41) is 16.8. The summed E-state index contributed by atoms with van der Waals surface area (Å²) in [6.07, 6.45) is 0. The Labute approximate surface area is 217 Å². The lowest BCUT2D eigenvalue weighted by molar-refractivity contribution is -0.117. The van der Waals surface area contributed by atoms with Gasteiger partial charge in [0.2, 0.25) is 15.8 Å². The zero-order valence-corrected chi connectivity index (χ0v) is 21.2. The Bertz CT molecular complexity index is 1650. The van der Waals surface area contributed by atoms with E-state index in [-0.39, 0.29) is 10.5 Å². The number of ketones is 1. The van der Waals surface area contributed by atoms with E-state index in [1.54, 1.807) is 37.3 Å². The van der Waals surface area contributed by atoms with Crippen LogP contribution in [0.25, 0.3) is 10.6 Å². The van der Waals surface area contributed by atoms with E-state index in [9.17, 15) is 23.1 Å². The number of amides is 1. The van der Waals surface area contributed by atoms with E-state index in [2.05, 4.69) is 4.98 Å². The van der Waals surface area contributed by atoms with Crippen molar-refractivity contribution in [3.8, 4) is 10.6 Å². The number of sulfonamides is 1. The highest BCUT2D eigenvalue weighted by Crippen LogP contribution is 2.43. The highest BCUT2D eigenvalue weighted by molar-refractivity contribution is 7.89. The van der Waals surface area contributed by atoms with Gasteiger partial charge in [0.25, 0.3) is 5.91 Å². The Balaban J connectivity index is 1.61. The van der Waals surface area contributed by atoms with E-state index in [4.69, 9.17) is 5.14 Å². The minimum absolute atomic E-state index is 0.0712. The van der Waals surface area contributed by atoms with Crippen molar-refractivity contribution in [2.24, 2.45) is 5.14 Å². The minimum atomic E-state index is -3.94. The first kappa shape index (κ1) is 24.6. The predicted octanol–water partition coefficient (Wildman–Crippen LogP) is 4.55. The molecule has 1 aliphatic rings. The topological polar surface area (TPSA) is 131 Å². The molecule has 1 aliphatic heterocycles. The van der Waals surface area contributed by atoms with Gasteiger partial charge >= 0.3 is 0 Å². The van der Waals surface area contributed by atoms with E-state index in [1.165, 1.54) is 40.5 Å². The summed E-state index contributed by atoms with van der Waals surface area (Å²) in [5.41, 5.74) is 2.17. The summed E-state index contributed by atoms with van der Waals surface area (Å²) in [4.78, 5) is 33.3. The predicted molar refractivity (Wildman–Crippen MR) is 141 cm³/mol. The van der Waals surface area contributed by atoms with Crippen molar-refractivity contribution in [3.63, 3.8) is 0 Å². The van der Waals surface area contributed by atoms with Crippen LogP contribution >= 0.6 is 11.3 Å². The van der Waals surface area contributed by atoms with Crippen molar-refractivity contribution in [1.82, 2.24) is 4.98 Å². The summed E-state index contributed by atoms with van der Waals surface area (Å²) in [7, 11) is -3.94. The minimum Gasteiger partial charge on any atom is -0.503 e. The van der Waals surface area contributed by atoms with Crippen molar-refractivity contribution in [1.29, 1.82) is 0 Å². The lowest BCUT2D eigenvalue weighted by atomic mass is 9.95. The molecule has 5 rings (SSSR count). The Morgan fingerprint density at radius 3 is 2.16 bits per heavy atom. The normalized spacial score (nSPS) is 15.9. The van der Waals surface area contributed by atoms with Crippen LogP contribution < -0.4 is 10.0 Å². The van der Waals surface area contributed by atoms with Crippen LogP contribution in [0.4, 0.5) is 5.69 Å². The maximum absolute atomic E-state index is 13.9. The molecule has 0 bridgehead atoms. The Hall–Kier alpha value is -4.12. The quantitative estimate of drug-likeness (QED) is 0.351. The number of benzene rings is 3. The third-order valence-electron chi connectivity index (χ3n) is 6.04. The number of primary sulfonamides is 1. The number of thiazole rings is 1. The summed E-state index contributed by atoms with van der Waals surface area (Å²) < 4.78 is 23.4. The zero-order valence-electron chi connectivity index (χ0n) is 19.5. The van der Waals surface area contributed by atoms with Crippen LogP contribution in [0.5, 0.6) is 0 Å². The molecule has 0 aliphatic carbocycles. The fourth-order valence-electron chi connectivity index (χ4n) is 4.28. The molecule has 0 fully saturated rings. The molecule has 3 aromatic carbocycles. The Kier molecular flexibility index (Phi) is 6.24. The molecule has 0 spiro atoms. The van der Waals surface area contributed by atoms with Crippen LogP contribution in [0.15, 0.2) is 101 Å². The van der Waals surface area contributed by atoms with Gasteiger partial charge < -0.3 is 5.11 Å². The summed E-state index contributed by atoms with van der Waals surface area (Å²) in [6, 6.07) is 22.7. The molecule has 0 saturated carbocycles. The van der Waals surface area contributed by atoms with Crippen LogP contribution in [0, 0.1) is 6.92 Å². The number of nitrogens with zero attached hydrogens (tertiary/aromatic N) is 2. The summed E-state index contributed by atoms with van der Waals surface area (Å²) in [6.45, 7) is 1.71. The number of aryl methyl sites for hydroxylation is 1. The average Bonchev–Trinajstić information content (AvgIpc) is 3.41. The molecule has 2 heterocycles. The van der Waals surface area contributed by atoms with Gasteiger partial charge in [0.1, 0.15) is 5.01 Å². The number of anilines is 1. The molecule has 0 radical (unpaired) electrons. The Morgan fingerprint density at radius 2 is 1.57 bits per heavy atom. The molecule has 3 N–H and O–H groups in total. The van der Waals surface area contributed by atoms with Crippen molar-refractivity contribution in [2.45, 2.75) is 17.9 Å². The lowest BCUT2D eigenvalue weighted by Gasteiger charge is -2.27. The van der Waals surface area contributed by atoms with Crippen LogP contribution in [0.3, 0.4) is 0 Å². The second-order valence-corrected chi connectivity index (χ2v) is 11.0. The van der Waals surface area contributed by atoms with E-state index in [1.807, 2.05) is 30.3 Å². The lowest BCUT2D eigenvalue weighted by Crippen LogP contribution is -2.31. The van der Waals surface area contributed by atoms with Crippen LogP contribution in [-0.4, -0.2) is 30.2 Å². The first-order valence-corrected chi connectivity index (χ1v) is 13.5. The number of nitrogens with two attached hydrogens (primary N) is 1. The van der Waals surface area contributed by atoms with Gasteiger partial charge in [0.15, 0.2) is 5.76 Å². The molecular weight excluding hydrogens is 510 g/mol. The van der Waals surface area contributed by atoms with Gasteiger partial charge in [-0.3, -0.25) is 14.5 Å². The molecule has 4 aromatic rings. The number of aliphatic hydroxyl groups is 1. The highest BCUT2D eigenvalue weighted by Gasteiger charge is 2.45. The first-order chi connectivity index (χ1) is 17.7. The largest absolute Gasteiger partial charge is 0.503 e. The first-order valence-electron chi connectivity index (χ1n) is 11.2. The third kappa shape index (κ3) is 4.46. The number of rotatable bonds is 6. The molecule has 1 atom stereocenters. The fourth-order valence-corrected chi connectivity index (χ4v) is 5.83. The molecule has 0 saturated heterocycles. The number of hydrogen-bond acceptors (Lipinski definition) is 7. The van der Waals surface area contributed by atoms with Crippen LogP contribution in [0.1, 0.15) is 27.0 Å². The van der Waals surface area contributed by atoms with Crippen LogP contribution in [0.2, 0.25) is 0 Å². The summed E-state index contributed by atoms with van der Waals surface area (Å²) >= 11 is 1.19. The highest BCUT2D eigenvalue weighted by atomic mass is 32.2. The van der Waals surface area contributed by atoms with E-state index in [0.29, 0.717) is 26.8 Å². The smallest absolute Gasteiger partial charge is 0.294 e. The monoisotopic (exact) mass is 531 g/mol. The third-order valence-corrected chi connectivity index (χ3v) is 8.17. The van der Waals surface area contributed by atoms with Gasteiger partial charge in [-0.1, -0.05) is 60.7 Å². The van der Waals surface area contributed by atoms with Crippen molar-refractivity contribution in [3.05, 3.63) is 112 Å². The Morgan fingerprint density at radius 1 is 0.973 bits per heavy atom. The van der Waals surface area contributed by atoms with Gasteiger partial charge in [0, 0.05) is 11.3 Å². The number of aromatic nitrogens is 1. The number of carbonyl (C=O) groups excluding carboxylic acids is 2. The van der Waals surface area contributed by atoms with Gasteiger partial charge in [-0.05, 0) is 36.8 Å². The van der Waals surface area contributed by atoms with Crippen molar-refractivity contribution < 1.29 is 23.1 Å². The second kappa shape index (κ2) is 9.40. The van der Waals surface area contributed by atoms with Gasteiger partial charge in [-0.2, -0.15) is 0 Å². The van der Waals surface area contributed by atoms with Crippen LogP contribution in [-0.2, 0) is 14.8 Å². The average molecular weight is 532 g/mol. The zero-order chi connectivity index (χ0) is 26.3. The molecule has 10 heteroatoms. The van der Waals surface area contributed by atoms with Crippen molar-refractivity contribution in [2.75, 3.05) is 4.90 Å². The molecular formula is C27H21N3O5S2. The molecule has 186 valence electrons. The van der Waals surface area contributed by atoms with E-state index < -0.39 is 33.5 Å². The van der Waals surface area contributed by atoms with E-state index >= 15 is 0 Å². The number of aliphatic hydroxyl groups excluding tert-OH is 1. The number of carbonyl (C=O) groups is 2. The second-order valence-electron chi connectivity index (χ2n) is 8.42. The molecule has 1 unspecified atom stereocenters. The molecule has 37 heavy (non-hydrogen) atoms. The SMILES string of the molecule is Cc1nc(-c2ccccc2)sc1C(=O)C1=C(O)C(=O)N(c2ccc(S(N)(=O)=O)cc2)C1c1ccccc1. The van der Waals surface area contributed by atoms with Gasteiger partial charge in [-0.25, -0.2) is 18.5 Å². The fraction of sp³-hybridized carbons (Fsp3) is 0.0741. The van der Waals surface area contributed by atoms with Gasteiger partial charge in [0.05, 0.1) is 27.1 Å². The van der Waals surface area contributed by atoms with Gasteiger partial charge in [-0.15, -0.1) is 11.3 Å². The van der Waals surface area contributed by atoms with Crippen molar-refractivity contribution >= 4 is 38.7 Å². The number of hydrogen-bond donors (Lipinski definition) is 2. The molecule has 8 nitrogen and oxygen atoms in total. The standard InChI is InChI=1S/C27H21N3O5S2/c1-16-25(36-26(29-16)18-10-6-3-7-11-18)23(31)21-22(17-8-4-2-5-9-17)30(27(33)24(21)32)19-12-14-20(15-13-19)37(28,34)35/h2-15,22,32H,1H3,(H2,28,34,35).